The molecule has 7 nitrogen and oxygen atoms in total. The van der Waals surface area contributed by atoms with Crippen LogP contribution in [0.25, 0.3) is 11.0 Å². The highest BCUT2D eigenvalue weighted by Crippen LogP contribution is 2.32. The van der Waals surface area contributed by atoms with Crippen molar-refractivity contribution in [3.63, 3.8) is 0 Å². The summed E-state index contributed by atoms with van der Waals surface area (Å²) >= 11 is 0. The van der Waals surface area contributed by atoms with Crippen LogP contribution in [0, 0.1) is 12.7 Å². The summed E-state index contributed by atoms with van der Waals surface area (Å²) in [6.07, 6.45) is 8.25. The molecule has 33 heavy (non-hydrogen) atoms. The molecule has 1 aliphatic carbocycles. The van der Waals surface area contributed by atoms with Crippen molar-refractivity contribution in [3.8, 4) is 11.5 Å². The van der Waals surface area contributed by atoms with E-state index in [9.17, 15) is 9.18 Å². The fraction of sp³-hybridized carbons (Fsp3) is 0.440. The third kappa shape index (κ3) is 4.86. The van der Waals surface area contributed by atoms with Crippen molar-refractivity contribution in [1.29, 1.82) is 0 Å². The van der Waals surface area contributed by atoms with Gasteiger partial charge in [0.15, 0.2) is 11.6 Å². The zero-order chi connectivity index (χ0) is 22.9. The number of fused-ring (bicyclic) bond motifs is 1. The van der Waals surface area contributed by atoms with E-state index < -0.39 is 11.9 Å². The van der Waals surface area contributed by atoms with Crippen molar-refractivity contribution in [2.45, 2.75) is 57.2 Å². The first kappa shape index (κ1) is 21.9. The Labute approximate surface area is 192 Å². The Morgan fingerprint density at radius 2 is 2.06 bits per heavy atom. The van der Waals surface area contributed by atoms with E-state index in [-0.39, 0.29) is 24.1 Å². The minimum absolute atomic E-state index is 0.118. The number of pyridine rings is 1. The van der Waals surface area contributed by atoms with Crippen LogP contribution < -0.4 is 15.8 Å². The molecular weight excluding hydrogens is 421 g/mol. The van der Waals surface area contributed by atoms with E-state index in [0.717, 1.165) is 42.9 Å². The van der Waals surface area contributed by atoms with Gasteiger partial charge in [-0.15, -0.1) is 0 Å². The number of rotatable bonds is 7. The van der Waals surface area contributed by atoms with Gasteiger partial charge in [-0.05, 0) is 68.4 Å². The molecule has 4 N–H and O–H groups in total. The maximum Gasteiger partial charge on any atom is 0.237 e. The second-order valence-corrected chi connectivity index (χ2v) is 9.23. The predicted molar refractivity (Wildman–Crippen MR) is 125 cm³/mol. The first-order chi connectivity index (χ1) is 16.0. The van der Waals surface area contributed by atoms with E-state index in [1.165, 1.54) is 18.9 Å². The third-order valence-corrected chi connectivity index (χ3v) is 6.68. The Hall–Kier alpha value is -2.97. The van der Waals surface area contributed by atoms with Gasteiger partial charge < -0.3 is 25.7 Å². The van der Waals surface area contributed by atoms with Crippen molar-refractivity contribution in [1.82, 2.24) is 20.2 Å². The average molecular weight is 452 g/mol. The molecule has 2 aromatic heterocycles. The van der Waals surface area contributed by atoms with Gasteiger partial charge in [-0.1, -0.05) is 6.07 Å². The molecule has 174 valence electrons. The second-order valence-electron chi connectivity index (χ2n) is 9.23. The molecule has 1 atom stereocenters. The van der Waals surface area contributed by atoms with E-state index in [0.29, 0.717) is 17.0 Å². The number of halogens is 1. The van der Waals surface area contributed by atoms with Gasteiger partial charge in [0.05, 0.1) is 11.4 Å². The number of aromatic amines is 1. The molecule has 1 unspecified atom stereocenters. The quantitative estimate of drug-likeness (QED) is 0.512. The third-order valence-electron chi connectivity index (χ3n) is 6.68. The Morgan fingerprint density at radius 3 is 2.79 bits per heavy atom. The van der Waals surface area contributed by atoms with Crippen LogP contribution in [0.3, 0.4) is 0 Å². The van der Waals surface area contributed by atoms with E-state index in [2.05, 4.69) is 20.2 Å². The Morgan fingerprint density at radius 1 is 1.27 bits per heavy atom. The number of amides is 1. The van der Waals surface area contributed by atoms with Crippen LogP contribution in [0.5, 0.6) is 11.5 Å². The van der Waals surface area contributed by atoms with Crippen LogP contribution in [0.15, 0.2) is 36.7 Å². The zero-order valence-electron chi connectivity index (χ0n) is 18.8. The number of piperidine rings is 1. The summed E-state index contributed by atoms with van der Waals surface area (Å²) in [6, 6.07) is 6.65. The molecule has 3 aromatic rings. The number of carbonyl (C=O) groups is 1. The monoisotopic (exact) mass is 451 g/mol. The number of nitrogens with two attached hydrogens (primary N) is 1. The number of aryl methyl sites for hydroxylation is 1. The summed E-state index contributed by atoms with van der Waals surface area (Å²) in [5, 5.41) is 3.90. The van der Waals surface area contributed by atoms with E-state index in [1.54, 1.807) is 24.4 Å². The predicted octanol–water partition coefficient (Wildman–Crippen LogP) is 3.42. The normalized spacial score (nSPS) is 18.4. The molecule has 1 aliphatic heterocycles. The summed E-state index contributed by atoms with van der Waals surface area (Å²) in [7, 11) is 0. The molecule has 2 aliphatic rings. The molecule has 0 radical (unpaired) electrons. The van der Waals surface area contributed by atoms with Gasteiger partial charge in [0.25, 0.3) is 0 Å². The Balaban J connectivity index is 1.18. The molecule has 0 bridgehead atoms. The number of nitrogens with one attached hydrogen (secondary N) is 2. The number of H-pyrrole nitrogens is 1. The highest BCUT2D eigenvalue weighted by atomic mass is 19.1. The lowest BCUT2D eigenvalue weighted by Gasteiger charge is -2.32. The smallest absolute Gasteiger partial charge is 0.237 e. The van der Waals surface area contributed by atoms with Crippen LogP contribution in [0.1, 0.15) is 36.8 Å². The minimum Gasteiger partial charge on any atom is -0.453 e. The van der Waals surface area contributed by atoms with Gasteiger partial charge >= 0.3 is 0 Å². The van der Waals surface area contributed by atoms with Crippen molar-refractivity contribution in [3.05, 3.63) is 53.6 Å². The van der Waals surface area contributed by atoms with Crippen molar-refractivity contribution in [2.24, 2.45) is 5.73 Å². The molecule has 1 aromatic carbocycles. The number of benzene rings is 1. The van der Waals surface area contributed by atoms with E-state index >= 15 is 0 Å². The van der Waals surface area contributed by atoms with Crippen LogP contribution in [-0.4, -0.2) is 52.0 Å². The maximum absolute atomic E-state index is 14.8. The fourth-order valence-electron chi connectivity index (χ4n) is 4.64. The molecular formula is C25H30FN5O2. The number of hydrogen-bond acceptors (Lipinski definition) is 5. The maximum atomic E-state index is 14.8. The molecule has 0 spiro atoms. The first-order valence-electron chi connectivity index (χ1n) is 11.7. The number of nitrogens with zero attached hydrogens (tertiary/aromatic N) is 2. The zero-order valence-corrected chi connectivity index (χ0v) is 18.8. The van der Waals surface area contributed by atoms with Crippen LogP contribution in [0.4, 0.5) is 4.39 Å². The number of likely N-dealkylation sites (tertiary alicyclic amines) is 1. The molecule has 2 fully saturated rings. The van der Waals surface area contributed by atoms with Crippen molar-refractivity contribution < 1.29 is 13.9 Å². The second kappa shape index (κ2) is 9.11. The average Bonchev–Trinajstić information content (AvgIpc) is 3.59. The lowest BCUT2D eigenvalue weighted by molar-refractivity contribution is -0.123. The molecule has 5 rings (SSSR count). The Bertz CT molecular complexity index is 1150. The van der Waals surface area contributed by atoms with Gasteiger partial charge in [-0.2, -0.15) is 0 Å². The topological polar surface area (TPSA) is 96.3 Å². The van der Waals surface area contributed by atoms with Crippen LogP contribution >= 0.6 is 0 Å². The van der Waals surface area contributed by atoms with Gasteiger partial charge in [0, 0.05) is 37.6 Å². The first-order valence-corrected chi connectivity index (χ1v) is 11.7. The van der Waals surface area contributed by atoms with Crippen LogP contribution in [0.2, 0.25) is 0 Å². The highest BCUT2D eigenvalue weighted by molar-refractivity contribution is 5.86. The number of carbonyl (C=O) groups excluding carboxylic acids is 1. The lowest BCUT2D eigenvalue weighted by Crippen LogP contribution is -2.50. The molecule has 1 amide bonds. The highest BCUT2D eigenvalue weighted by Gasteiger charge is 2.32. The van der Waals surface area contributed by atoms with Crippen LogP contribution in [-0.2, 0) is 11.2 Å². The SMILES string of the molecule is Cc1c[nH]c2nccc(Oc3ccc(CC(N)C(=O)NC4CCN(C5CC5)CC4)cc3F)c12. The summed E-state index contributed by atoms with van der Waals surface area (Å²) in [5.41, 5.74) is 8.46. The van der Waals surface area contributed by atoms with Gasteiger partial charge in [0.1, 0.15) is 11.4 Å². The summed E-state index contributed by atoms with van der Waals surface area (Å²) in [4.78, 5) is 22.4. The molecule has 8 heteroatoms. The molecule has 1 saturated heterocycles. The minimum atomic E-state index is -0.722. The standard InChI is InChI=1S/C25H30FN5O2/c1-15-14-29-24-23(15)22(6-9-28-24)33-21-5-2-16(12-19(21)26)13-20(27)25(32)30-17-7-10-31(11-8-17)18-3-4-18/h2,5-6,9,12,14,17-18,20H,3-4,7-8,10-11,13,27H2,1H3,(H,28,29)(H,30,32). The van der Waals surface area contributed by atoms with Crippen molar-refractivity contribution in [2.75, 3.05) is 13.1 Å². The summed E-state index contributed by atoms with van der Waals surface area (Å²) < 4.78 is 20.6. The molecule has 1 saturated carbocycles. The number of ether oxygens (including phenoxy) is 1. The number of hydrogen-bond donors (Lipinski definition) is 3. The summed E-state index contributed by atoms with van der Waals surface area (Å²) in [5.74, 6) is -0.0186. The van der Waals surface area contributed by atoms with Gasteiger partial charge in [-0.3, -0.25) is 4.79 Å². The van der Waals surface area contributed by atoms with Gasteiger partial charge in [-0.25, -0.2) is 9.37 Å². The van der Waals surface area contributed by atoms with E-state index in [4.69, 9.17) is 10.5 Å². The molecule has 3 heterocycles. The number of aromatic nitrogens is 2. The fourth-order valence-corrected chi connectivity index (χ4v) is 4.64. The lowest BCUT2D eigenvalue weighted by atomic mass is 10.0. The largest absolute Gasteiger partial charge is 0.453 e. The van der Waals surface area contributed by atoms with Crippen molar-refractivity contribution >= 4 is 16.9 Å². The van der Waals surface area contributed by atoms with Gasteiger partial charge in [0.2, 0.25) is 5.91 Å². The van der Waals surface area contributed by atoms with E-state index in [1.807, 2.05) is 13.1 Å². The Kier molecular flexibility index (Phi) is 6.03. The summed E-state index contributed by atoms with van der Waals surface area (Å²) in [6.45, 7) is 4.00.